The molecule has 2 rings (SSSR count). The Balaban J connectivity index is 2.29. The maximum absolute atomic E-state index is 13.6. The van der Waals surface area contributed by atoms with Crippen molar-refractivity contribution in [1.29, 1.82) is 5.26 Å². The van der Waals surface area contributed by atoms with Crippen LogP contribution in [0.2, 0.25) is 0 Å². The number of nitriles is 1. The normalized spacial score (nSPS) is 9.89. The minimum atomic E-state index is -0.587. The largest absolute Gasteiger partial charge is 0.436 e. The van der Waals surface area contributed by atoms with E-state index in [1.165, 1.54) is 12.1 Å². The molecule has 0 saturated heterocycles. The van der Waals surface area contributed by atoms with Crippen molar-refractivity contribution in [3.8, 4) is 17.7 Å². The molecule has 90 valence electrons. The molecule has 0 amide bonds. The molecule has 0 radical (unpaired) electrons. The Morgan fingerprint density at radius 1 is 1.39 bits per heavy atom. The first kappa shape index (κ1) is 12.5. The Bertz CT molecular complexity index is 637. The lowest BCUT2D eigenvalue weighted by atomic mass is 10.2. The van der Waals surface area contributed by atoms with E-state index in [0.717, 1.165) is 16.1 Å². The number of aromatic nitrogens is 1. The van der Waals surface area contributed by atoms with Crippen molar-refractivity contribution >= 4 is 15.9 Å². The lowest BCUT2D eigenvalue weighted by molar-refractivity contribution is 0.427. The van der Waals surface area contributed by atoms with E-state index >= 15 is 0 Å². The second-order valence-corrected chi connectivity index (χ2v) is 4.49. The summed E-state index contributed by atoms with van der Waals surface area (Å²) < 4.78 is 19.8. The summed E-state index contributed by atoms with van der Waals surface area (Å²) in [6.07, 6.45) is 1.59. The molecule has 0 unspecified atom stereocenters. The molecule has 0 aliphatic carbocycles. The lowest BCUT2D eigenvalue weighted by Crippen LogP contribution is -1.92. The Hall–Kier alpha value is -1.93. The third-order valence-electron chi connectivity index (χ3n) is 2.30. The fourth-order valence-corrected chi connectivity index (χ4v) is 1.55. The lowest BCUT2D eigenvalue weighted by Gasteiger charge is -2.07. The summed E-state index contributed by atoms with van der Waals surface area (Å²) >= 11 is 3.32. The number of nitrogens with zero attached hydrogens (tertiary/aromatic N) is 2. The molecular weight excluding hydrogens is 299 g/mol. The predicted molar refractivity (Wildman–Crippen MR) is 67.9 cm³/mol. The maximum Gasteiger partial charge on any atom is 0.219 e. The van der Waals surface area contributed by atoms with E-state index < -0.39 is 5.82 Å². The van der Waals surface area contributed by atoms with Gasteiger partial charge in [-0.3, -0.25) is 0 Å². The SMILES string of the molecule is Cc1cc(Oc2ccc(C#N)cc2F)ncc1Br. The van der Waals surface area contributed by atoms with Gasteiger partial charge in [-0.15, -0.1) is 0 Å². The number of hydrogen-bond acceptors (Lipinski definition) is 3. The second kappa shape index (κ2) is 5.15. The first-order valence-electron chi connectivity index (χ1n) is 5.10. The zero-order valence-electron chi connectivity index (χ0n) is 9.45. The molecule has 0 atom stereocenters. The molecule has 0 N–H and O–H groups in total. The van der Waals surface area contributed by atoms with Gasteiger partial charge in [0.05, 0.1) is 11.6 Å². The van der Waals surface area contributed by atoms with Crippen LogP contribution in [-0.4, -0.2) is 4.98 Å². The molecule has 0 fully saturated rings. The van der Waals surface area contributed by atoms with Crippen LogP contribution in [0, 0.1) is 24.1 Å². The minimum absolute atomic E-state index is 0.0447. The summed E-state index contributed by atoms with van der Waals surface area (Å²) in [5.74, 6) is -0.237. The summed E-state index contributed by atoms with van der Waals surface area (Å²) in [7, 11) is 0. The van der Waals surface area contributed by atoms with E-state index in [-0.39, 0.29) is 11.3 Å². The van der Waals surface area contributed by atoms with Gasteiger partial charge in [0.15, 0.2) is 11.6 Å². The average molecular weight is 307 g/mol. The van der Waals surface area contributed by atoms with Crippen LogP contribution in [0.1, 0.15) is 11.1 Å². The van der Waals surface area contributed by atoms with Crippen molar-refractivity contribution in [2.45, 2.75) is 6.92 Å². The van der Waals surface area contributed by atoms with E-state index in [2.05, 4.69) is 20.9 Å². The number of pyridine rings is 1. The van der Waals surface area contributed by atoms with E-state index in [1.807, 2.05) is 13.0 Å². The van der Waals surface area contributed by atoms with Gasteiger partial charge in [0.2, 0.25) is 5.88 Å². The second-order valence-electron chi connectivity index (χ2n) is 3.63. The zero-order chi connectivity index (χ0) is 13.1. The standard InChI is InChI=1S/C13H8BrFN2O/c1-8-4-13(17-7-10(8)14)18-12-3-2-9(6-16)5-11(12)15/h2-5,7H,1H3. The summed E-state index contributed by atoms with van der Waals surface area (Å²) in [6, 6.07) is 7.58. The molecule has 2 aromatic rings. The number of ether oxygens (including phenoxy) is 1. The maximum atomic E-state index is 13.6. The number of benzene rings is 1. The van der Waals surface area contributed by atoms with E-state index in [4.69, 9.17) is 10.00 Å². The molecule has 18 heavy (non-hydrogen) atoms. The monoisotopic (exact) mass is 306 g/mol. The van der Waals surface area contributed by atoms with Gasteiger partial charge >= 0.3 is 0 Å². The zero-order valence-corrected chi connectivity index (χ0v) is 11.0. The molecule has 0 aliphatic rings. The summed E-state index contributed by atoms with van der Waals surface area (Å²) in [5, 5.41) is 8.63. The third-order valence-corrected chi connectivity index (χ3v) is 3.13. The van der Waals surface area contributed by atoms with Crippen LogP contribution in [0.4, 0.5) is 4.39 Å². The Morgan fingerprint density at radius 2 is 2.17 bits per heavy atom. The first-order valence-corrected chi connectivity index (χ1v) is 5.89. The van der Waals surface area contributed by atoms with Gasteiger partial charge in [0, 0.05) is 16.7 Å². The van der Waals surface area contributed by atoms with E-state index in [0.29, 0.717) is 5.88 Å². The van der Waals surface area contributed by atoms with Crippen LogP contribution < -0.4 is 4.74 Å². The van der Waals surface area contributed by atoms with Crippen molar-refractivity contribution in [2.24, 2.45) is 0 Å². The van der Waals surface area contributed by atoms with Gasteiger partial charge in [0.25, 0.3) is 0 Å². The van der Waals surface area contributed by atoms with Crippen LogP contribution in [0.5, 0.6) is 11.6 Å². The molecule has 1 heterocycles. The van der Waals surface area contributed by atoms with Crippen molar-refractivity contribution in [1.82, 2.24) is 4.98 Å². The predicted octanol–water partition coefficient (Wildman–Crippen LogP) is 3.96. The highest BCUT2D eigenvalue weighted by Gasteiger charge is 2.07. The van der Waals surface area contributed by atoms with Gasteiger partial charge in [0.1, 0.15) is 0 Å². The molecule has 0 spiro atoms. The van der Waals surface area contributed by atoms with Gasteiger partial charge < -0.3 is 4.74 Å². The Labute approximate surface area is 112 Å². The fraction of sp³-hybridized carbons (Fsp3) is 0.0769. The van der Waals surface area contributed by atoms with Crippen molar-refractivity contribution in [2.75, 3.05) is 0 Å². The summed E-state index contributed by atoms with van der Waals surface area (Å²) in [5.41, 5.74) is 1.19. The molecule has 1 aromatic heterocycles. The number of rotatable bonds is 2. The van der Waals surface area contributed by atoms with E-state index in [9.17, 15) is 4.39 Å². The molecule has 0 bridgehead atoms. The highest BCUT2D eigenvalue weighted by atomic mass is 79.9. The van der Waals surface area contributed by atoms with Crippen molar-refractivity contribution < 1.29 is 9.13 Å². The molecule has 5 heteroatoms. The Kier molecular flexibility index (Phi) is 3.58. The van der Waals surface area contributed by atoms with Gasteiger partial charge in [-0.25, -0.2) is 9.37 Å². The number of aryl methyl sites for hydroxylation is 1. The van der Waals surface area contributed by atoms with E-state index in [1.54, 1.807) is 12.3 Å². The highest BCUT2D eigenvalue weighted by molar-refractivity contribution is 9.10. The van der Waals surface area contributed by atoms with Gasteiger partial charge in [-0.05, 0) is 46.6 Å². The first-order chi connectivity index (χ1) is 8.60. The van der Waals surface area contributed by atoms with Crippen LogP contribution in [0.25, 0.3) is 0 Å². The third kappa shape index (κ3) is 2.66. The number of halogens is 2. The molecular formula is C13H8BrFN2O. The molecule has 0 aliphatic heterocycles. The summed E-state index contributed by atoms with van der Waals surface area (Å²) in [6.45, 7) is 1.88. The van der Waals surface area contributed by atoms with Gasteiger partial charge in [-0.1, -0.05) is 0 Å². The Morgan fingerprint density at radius 3 is 2.78 bits per heavy atom. The smallest absolute Gasteiger partial charge is 0.219 e. The van der Waals surface area contributed by atoms with Crippen LogP contribution >= 0.6 is 15.9 Å². The average Bonchev–Trinajstić information content (AvgIpc) is 2.36. The number of hydrogen-bond donors (Lipinski definition) is 0. The van der Waals surface area contributed by atoms with Crippen molar-refractivity contribution in [3.63, 3.8) is 0 Å². The molecule has 3 nitrogen and oxygen atoms in total. The molecule has 1 aromatic carbocycles. The van der Waals surface area contributed by atoms with Gasteiger partial charge in [-0.2, -0.15) is 5.26 Å². The van der Waals surface area contributed by atoms with Crippen LogP contribution in [0.15, 0.2) is 34.9 Å². The van der Waals surface area contributed by atoms with Crippen LogP contribution in [-0.2, 0) is 0 Å². The fourth-order valence-electron chi connectivity index (χ4n) is 1.34. The topological polar surface area (TPSA) is 45.9 Å². The van der Waals surface area contributed by atoms with Crippen LogP contribution in [0.3, 0.4) is 0 Å². The minimum Gasteiger partial charge on any atom is -0.436 e. The summed E-state index contributed by atoms with van der Waals surface area (Å²) in [4.78, 5) is 4.02. The highest BCUT2D eigenvalue weighted by Crippen LogP contribution is 2.26. The van der Waals surface area contributed by atoms with Crippen molar-refractivity contribution in [3.05, 3.63) is 51.9 Å². The quantitative estimate of drug-likeness (QED) is 0.843. The molecule has 0 saturated carbocycles.